The second-order valence-corrected chi connectivity index (χ2v) is 12.4. The lowest BCUT2D eigenvalue weighted by Crippen LogP contribution is -2.49. The Bertz CT molecular complexity index is 1690. The molecule has 1 aliphatic carbocycles. The molecule has 5 atom stereocenters. The number of aromatic nitrogens is 4. The number of rotatable bonds is 7. The molecule has 4 aromatic rings. The number of nitrogens with zero attached hydrogens (tertiary/aromatic N) is 5. The van der Waals surface area contributed by atoms with Crippen molar-refractivity contribution in [1.82, 2.24) is 30.0 Å². The molecule has 9 heteroatoms. The number of amides is 2. The molecule has 1 aliphatic heterocycles. The first-order chi connectivity index (χ1) is 20.0. The fourth-order valence-corrected chi connectivity index (χ4v) is 6.55. The highest BCUT2D eigenvalue weighted by molar-refractivity contribution is 5.91. The van der Waals surface area contributed by atoms with Gasteiger partial charge in [-0.1, -0.05) is 31.2 Å². The zero-order chi connectivity index (χ0) is 29.9. The van der Waals surface area contributed by atoms with Gasteiger partial charge in [0.1, 0.15) is 18.4 Å². The summed E-state index contributed by atoms with van der Waals surface area (Å²) in [6.45, 7) is 11.8. The van der Waals surface area contributed by atoms with E-state index in [0.29, 0.717) is 17.9 Å². The van der Waals surface area contributed by atoms with Gasteiger partial charge in [-0.05, 0) is 87.3 Å². The van der Waals surface area contributed by atoms with Crippen molar-refractivity contribution >= 4 is 22.7 Å². The van der Waals surface area contributed by atoms with Crippen molar-refractivity contribution in [3.05, 3.63) is 77.0 Å². The van der Waals surface area contributed by atoms with Gasteiger partial charge in [0.05, 0.1) is 23.4 Å². The zero-order valence-electron chi connectivity index (χ0n) is 25.0. The second-order valence-electron chi connectivity index (χ2n) is 12.4. The average molecular weight is 567 g/mol. The SMILES string of the molecule is Cc1ncc(-c2ccc3c(c2)c(C(C)O)nn3CC(=O)N2C3C[C@]3(C)C[C@H]2C(=O)N[C@@H](C)c2cccc(C)c2C)cn1. The monoisotopic (exact) mass is 566 g/mol. The van der Waals surface area contributed by atoms with Crippen LogP contribution in [0.4, 0.5) is 0 Å². The van der Waals surface area contributed by atoms with E-state index in [-0.39, 0.29) is 35.9 Å². The van der Waals surface area contributed by atoms with Crippen LogP contribution in [0, 0.1) is 26.2 Å². The van der Waals surface area contributed by atoms with E-state index in [1.54, 1.807) is 28.9 Å². The molecule has 0 bridgehead atoms. The fraction of sp³-hybridized carbons (Fsp3) is 0.424. The Kier molecular flexibility index (Phi) is 6.88. The van der Waals surface area contributed by atoms with E-state index >= 15 is 0 Å². The molecule has 0 spiro atoms. The molecule has 2 amide bonds. The summed E-state index contributed by atoms with van der Waals surface area (Å²) in [6, 6.07) is 11.3. The second kappa shape index (κ2) is 10.3. The first-order valence-electron chi connectivity index (χ1n) is 14.6. The van der Waals surface area contributed by atoms with Crippen molar-refractivity contribution < 1.29 is 14.7 Å². The lowest BCUT2D eigenvalue weighted by Gasteiger charge is -2.28. The van der Waals surface area contributed by atoms with Crippen LogP contribution in [-0.4, -0.2) is 53.7 Å². The van der Waals surface area contributed by atoms with Crippen LogP contribution in [0.1, 0.15) is 74.0 Å². The number of hydrogen-bond acceptors (Lipinski definition) is 6. The van der Waals surface area contributed by atoms with Gasteiger partial charge in [0.25, 0.3) is 0 Å². The van der Waals surface area contributed by atoms with E-state index in [4.69, 9.17) is 0 Å². The normalized spacial score (nSPS) is 22.6. The van der Waals surface area contributed by atoms with Crippen LogP contribution in [0.25, 0.3) is 22.0 Å². The van der Waals surface area contributed by atoms with E-state index in [1.807, 2.05) is 44.2 Å². The summed E-state index contributed by atoms with van der Waals surface area (Å²) in [5.74, 6) is 0.430. The van der Waals surface area contributed by atoms with Gasteiger partial charge < -0.3 is 15.3 Å². The van der Waals surface area contributed by atoms with Crippen LogP contribution in [0.2, 0.25) is 0 Å². The summed E-state index contributed by atoms with van der Waals surface area (Å²) in [4.78, 5) is 37.9. The van der Waals surface area contributed by atoms with Crippen molar-refractivity contribution in [2.45, 2.75) is 85.2 Å². The molecule has 2 N–H and O–H groups in total. The van der Waals surface area contributed by atoms with Crippen molar-refractivity contribution in [1.29, 1.82) is 0 Å². The minimum absolute atomic E-state index is 0.0148. The Morgan fingerprint density at radius 3 is 2.52 bits per heavy atom. The van der Waals surface area contributed by atoms with Crippen molar-refractivity contribution in [3.63, 3.8) is 0 Å². The molecule has 218 valence electrons. The van der Waals surface area contributed by atoms with E-state index < -0.39 is 12.1 Å². The van der Waals surface area contributed by atoms with Crippen molar-refractivity contribution in [2.24, 2.45) is 5.41 Å². The molecular weight excluding hydrogens is 528 g/mol. The van der Waals surface area contributed by atoms with Gasteiger partial charge in [-0.25, -0.2) is 9.97 Å². The van der Waals surface area contributed by atoms with Gasteiger partial charge in [-0.2, -0.15) is 5.10 Å². The smallest absolute Gasteiger partial charge is 0.245 e. The largest absolute Gasteiger partial charge is 0.387 e. The van der Waals surface area contributed by atoms with Crippen molar-refractivity contribution in [3.8, 4) is 11.1 Å². The van der Waals surface area contributed by atoms with Crippen LogP contribution < -0.4 is 5.32 Å². The minimum Gasteiger partial charge on any atom is -0.387 e. The predicted octanol–water partition coefficient (Wildman–Crippen LogP) is 4.73. The minimum atomic E-state index is -0.822. The fourth-order valence-electron chi connectivity index (χ4n) is 6.55. The number of aryl methyl sites for hydroxylation is 2. The summed E-state index contributed by atoms with van der Waals surface area (Å²) in [7, 11) is 0. The van der Waals surface area contributed by atoms with Crippen LogP contribution in [-0.2, 0) is 16.1 Å². The lowest BCUT2D eigenvalue weighted by atomic mass is 9.97. The number of benzene rings is 2. The van der Waals surface area contributed by atoms with E-state index in [0.717, 1.165) is 39.6 Å². The third-order valence-electron chi connectivity index (χ3n) is 9.27. The van der Waals surface area contributed by atoms with Gasteiger partial charge in [0.15, 0.2) is 0 Å². The number of likely N-dealkylation sites (tertiary alicyclic amines) is 1. The van der Waals surface area contributed by atoms with Crippen LogP contribution in [0.5, 0.6) is 0 Å². The van der Waals surface area contributed by atoms with Crippen LogP contribution in [0.15, 0.2) is 48.8 Å². The molecule has 2 aromatic carbocycles. The summed E-state index contributed by atoms with van der Waals surface area (Å²) in [5, 5.41) is 19.2. The Labute approximate surface area is 246 Å². The number of carbonyl (C=O) groups is 2. The van der Waals surface area contributed by atoms with Crippen molar-refractivity contribution in [2.75, 3.05) is 0 Å². The number of aliphatic hydroxyl groups excluding tert-OH is 1. The van der Waals surface area contributed by atoms with E-state index in [9.17, 15) is 14.7 Å². The quantitative estimate of drug-likeness (QED) is 0.335. The molecule has 1 saturated carbocycles. The molecule has 0 radical (unpaired) electrons. The molecule has 6 rings (SSSR count). The Morgan fingerprint density at radius 2 is 1.81 bits per heavy atom. The van der Waals surface area contributed by atoms with E-state index in [2.05, 4.69) is 47.2 Å². The first kappa shape index (κ1) is 28.0. The number of fused-ring (bicyclic) bond motifs is 2. The molecule has 2 aliphatic rings. The summed E-state index contributed by atoms with van der Waals surface area (Å²) < 4.78 is 1.65. The number of piperidine rings is 1. The Morgan fingerprint density at radius 1 is 1.07 bits per heavy atom. The average Bonchev–Trinajstić information content (AvgIpc) is 3.32. The molecular formula is C33H38N6O3. The molecule has 2 fully saturated rings. The maximum atomic E-state index is 13.9. The standard InChI is InChI=1S/C33H38N6O3/c1-18-8-7-9-25(19(18)2)20(3)36-32(42)28-13-33(6)14-29(33)39(28)30(41)17-38-27-11-10-23(24-15-34-22(5)35-16-24)12-26(27)31(37-38)21(4)40/h7-12,15-16,20-21,28-29,40H,13-14,17H2,1-6H3,(H,36,42)/t20-,21?,28-,29?,33-/m0/s1. The molecule has 1 saturated heterocycles. The summed E-state index contributed by atoms with van der Waals surface area (Å²) in [5.41, 5.74) is 6.40. The van der Waals surface area contributed by atoms with Crippen LogP contribution >= 0.6 is 0 Å². The third kappa shape index (κ3) is 4.85. The summed E-state index contributed by atoms with van der Waals surface area (Å²) in [6.07, 6.45) is 4.26. The Balaban J connectivity index is 1.26. The van der Waals surface area contributed by atoms with E-state index in [1.165, 1.54) is 5.56 Å². The Hall–Kier alpha value is -4.11. The number of carbonyl (C=O) groups excluding carboxylic acids is 2. The van der Waals surface area contributed by atoms with Gasteiger partial charge in [0, 0.05) is 29.4 Å². The molecule has 42 heavy (non-hydrogen) atoms. The van der Waals surface area contributed by atoms with Gasteiger partial charge >= 0.3 is 0 Å². The molecule has 9 nitrogen and oxygen atoms in total. The highest BCUT2D eigenvalue weighted by Crippen LogP contribution is 2.59. The first-order valence-corrected chi connectivity index (χ1v) is 14.6. The molecule has 2 aromatic heterocycles. The van der Waals surface area contributed by atoms with Crippen LogP contribution in [0.3, 0.4) is 0 Å². The number of hydrogen-bond donors (Lipinski definition) is 2. The maximum absolute atomic E-state index is 13.9. The highest BCUT2D eigenvalue weighted by Gasteiger charge is 2.64. The van der Waals surface area contributed by atoms with Gasteiger partial charge in [-0.15, -0.1) is 0 Å². The van der Waals surface area contributed by atoms with Gasteiger partial charge in [0.2, 0.25) is 11.8 Å². The molecule has 2 unspecified atom stereocenters. The number of aliphatic hydroxyl groups is 1. The third-order valence-corrected chi connectivity index (χ3v) is 9.27. The van der Waals surface area contributed by atoms with Gasteiger partial charge in [-0.3, -0.25) is 14.3 Å². The topological polar surface area (TPSA) is 113 Å². The lowest BCUT2D eigenvalue weighted by molar-refractivity contribution is -0.140. The highest BCUT2D eigenvalue weighted by atomic mass is 16.3. The molecule has 3 heterocycles. The maximum Gasteiger partial charge on any atom is 0.245 e. The predicted molar refractivity (Wildman–Crippen MR) is 160 cm³/mol. The summed E-state index contributed by atoms with van der Waals surface area (Å²) >= 11 is 0. The number of nitrogens with one attached hydrogen (secondary N) is 1. The zero-order valence-corrected chi connectivity index (χ0v) is 25.0.